The number of amides is 2. The van der Waals surface area contributed by atoms with Gasteiger partial charge in [0, 0.05) is 50.6 Å². The molecule has 2 aromatic rings. The van der Waals surface area contributed by atoms with Crippen LogP contribution >= 0.6 is 11.6 Å². The van der Waals surface area contributed by atoms with Crippen LogP contribution in [0.15, 0.2) is 71.4 Å². The van der Waals surface area contributed by atoms with Crippen LogP contribution in [0.5, 0.6) is 0 Å². The monoisotopic (exact) mass is 588 g/mol. The van der Waals surface area contributed by atoms with Crippen molar-refractivity contribution in [3.63, 3.8) is 0 Å². The molecule has 1 N–H and O–H groups in total. The second-order valence-corrected chi connectivity index (χ2v) is 12.6. The number of nitrogens with zero attached hydrogens (tertiary/aromatic N) is 3. The molecule has 0 spiro atoms. The Morgan fingerprint density at radius 2 is 1.93 bits per heavy atom. The van der Waals surface area contributed by atoms with Gasteiger partial charge in [-0.05, 0) is 56.2 Å². The van der Waals surface area contributed by atoms with E-state index in [1.807, 2.05) is 0 Å². The van der Waals surface area contributed by atoms with Crippen LogP contribution in [0.2, 0.25) is 0 Å². The number of sulfone groups is 1. The van der Waals surface area contributed by atoms with Crippen molar-refractivity contribution < 1.29 is 22.4 Å². The SMILES string of the molecule is CNCC1=CC(C(C)N(C)C(=O)C2CCN(C(=O)CCl)CC2)(S(=O)(=O)c2cccnc2)C(c2ccccc2F)=C1. The van der Waals surface area contributed by atoms with E-state index in [1.165, 1.54) is 35.5 Å². The van der Waals surface area contributed by atoms with Gasteiger partial charge in [0.2, 0.25) is 11.8 Å². The second-order valence-electron chi connectivity index (χ2n) is 10.2. The minimum absolute atomic E-state index is 0.0280. The van der Waals surface area contributed by atoms with E-state index in [0.717, 1.165) is 0 Å². The molecule has 0 bridgehead atoms. The fourth-order valence-electron chi connectivity index (χ4n) is 5.69. The number of rotatable bonds is 9. The number of piperidine rings is 1. The molecule has 40 heavy (non-hydrogen) atoms. The first-order chi connectivity index (χ1) is 19.1. The maximum Gasteiger partial charge on any atom is 0.237 e. The standard InChI is InChI=1S/C29H34ClFN4O4S/c1-20(34(3)28(37)22-10-13-35(14-11-22)27(36)17-30)29(40(38,39)23-7-6-12-33-19-23)16-21(18-32-2)15-25(29)24-8-4-5-9-26(24)31/h4-9,12,15-16,19-20,22,32H,10-11,13-14,17-18H2,1-3H3. The summed E-state index contributed by atoms with van der Waals surface area (Å²) in [5.41, 5.74) is 1.07. The number of hydrogen-bond donors (Lipinski definition) is 1. The maximum absolute atomic E-state index is 15.3. The van der Waals surface area contributed by atoms with Crippen molar-refractivity contribution in [1.29, 1.82) is 0 Å². The van der Waals surface area contributed by atoms with Gasteiger partial charge < -0.3 is 15.1 Å². The van der Waals surface area contributed by atoms with Gasteiger partial charge in [-0.25, -0.2) is 12.8 Å². The third-order valence-corrected chi connectivity index (χ3v) is 10.6. The number of carbonyl (C=O) groups is 2. The molecule has 2 atom stereocenters. The Balaban J connectivity index is 1.82. The van der Waals surface area contributed by atoms with Crippen molar-refractivity contribution in [2.45, 2.75) is 35.4 Å². The highest BCUT2D eigenvalue weighted by Gasteiger charge is 2.55. The smallest absolute Gasteiger partial charge is 0.237 e. The molecule has 1 aliphatic carbocycles. The van der Waals surface area contributed by atoms with E-state index < -0.39 is 32.4 Å². The van der Waals surface area contributed by atoms with Crippen molar-refractivity contribution in [3.05, 3.63) is 77.9 Å². The molecule has 1 aromatic carbocycles. The molecule has 2 amide bonds. The van der Waals surface area contributed by atoms with E-state index in [1.54, 1.807) is 56.3 Å². The molecular weight excluding hydrogens is 555 g/mol. The summed E-state index contributed by atoms with van der Waals surface area (Å²) in [6.07, 6.45) is 6.99. The lowest BCUT2D eigenvalue weighted by Gasteiger charge is -2.43. The summed E-state index contributed by atoms with van der Waals surface area (Å²) >= 11 is 5.70. The number of carbonyl (C=O) groups excluding carboxylic acids is 2. The first-order valence-electron chi connectivity index (χ1n) is 13.2. The van der Waals surface area contributed by atoms with Crippen LogP contribution in [0, 0.1) is 11.7 Å². The number of aromatic nitrogens is 1. The molecule has 1 aliphatic heterocycles. The minimum Gasteiger partial charge on any atom is -0.342 e. The van der Waals surface area contributed by atoms with Gasteiger partial charge in [-0.3, -0.25) is 14.6 Å². The molecule has 11 heteroatoms. The number of alkyl halides is 1. The van der Waals surface area contributed by atoms with Gasteiger partial charge in [0.25, 0.3) is 0 Å². The number of likely N-dealkylation sites (tertiary alicyclic amines) is 1. The van der Waals surface area contributed by atoms with Crippen LogP contribution in [0.25, 0.3) is 5.57 Å². The highest BCUT2D eigenvalue weighted by molar-refractivity contribution is 7.93. The molecule has 8 nitrogen and oxygen atoms in total. The molecule has 4 rings (SSSR count). The van der Waals surface area contributed by atoms with E-state index in [4.69, 9.17) is 11.6 Å². The first-order valence-corrected chi connectivity index (χ1v) is 15.2. The summed E-state index contributed by atoms with van der Waals surface area (Å²) in [6, 6.07) is 8.14. The molecule has 1 saturated heterocycles. The molecule has 2 aliphatic rings. The second kappa shape index (κ2) is 12.2. The van der Waals surface area contributed by atoms with E-state index >= 15 is 4.39 Å². The van der Waals surface area contributed by atoms with Crippen molar-refractivity contribution in [2.24, 2.45) is 5.92 Å². The number of halogens is 2. The summed E-state index contributed by atoms with van der Waals surface area (Å²) in [4.78, 5) is 32.9. The van der Waals surface area contributed by atoms with Crippen LogP contribution in [0.4, 0.5) is 4.39 Å². The van der Waals surface area contributed by atoms with Gasteiger partial charge in [0.1, 0.15) is 16.4 Å². The molecular formula is C29H34ClFN4O4S. The Morgan fingerprint density at radius 1 is 1.23 bits per heavy atom. The summed E-state index contributed by atoms with van der Waals surface area (Å²) in [6.45, 7) is 2.83. The largest absolute Gasteiger partial charge is 0.342 e. The van der Waals surface area contributed by atoms with Crippen molar-refractivity contribution in [2.75, 3.05) is 39.6 Å². The van der Waals surface area contributed by atoms with Gasteiger partial charge in [-0.15, -0.1) is 11.6 Å². The molecule has 2 unspecified atom stereocenters. The van der Waals surface area contributed by atoms with E-state index in [0.29, 0.717) is 38.0 Å². The van der Waals surface area contributed by atoms with Crippen LogP contribution in [-0.2, 0) is 19.4 Å². The van der Waals surface area contributed by atoms with Gasteiger partial charge in [0.05, 0.1) is 10.9 Å². The molecule has 0 radical (unpaired) electrons. The van der Waals surface area contributed by atoms with Crippen LogP contribution < -0.4 is 5.32 Å². The van der Waals surface area contributed by atoms with Crippen molar-refractivity contribution >= 4 is 38.8 Å². The summed E-state index contributed by atoms with van der Waals surface area (Å²) < 4.78 is 42.8. The lowest BCUT2D eigenvalue weighted by Crippen LogP contribution is -2.56. The lowest BCUT2D eigenvalue weighted by molar-refractivity contribution is -0.140. The third-order valence-electron chi connectivity index (χ3n) is 7.95. The first kappa shape index (κ1) is 29.9. The minimum atomic E-state index is -4.26. The van der Waals surface area contributed by atoms with Gasteiger partial charge in [-0.1, -0.05) is 30.4 Å². The van der Waals surface area contributed by atoms with E-state index in [-0.39, 0.29) is 33.7 Å². The molecule has 2 heterocycles. The van der Waals surface area contributed by atoms with Gasteiger partial charge >= 0.3 is 0 Å². The topological polar surface area (TPSA) is 99.7 Å². The van der Waals surface area contributed by atoms with E-state index in [9.17, 15) is 18.0 Å². The Kier molecular flexibility index (Phi) is 9.12. The van der Waals surface area contributed by atoms with Crippen LogP contribution in [-0.4, -0.2) is 85.4 Å². The van der Waals surface area contributed by atoms with Crippen molar-refractivity contribution in [3.8, 4) is 0 Å². The number of hydrogen-bond acceptors (Lipinski definition) is 6. The predicted octanol–water partition coefficient (Wildman–Crippen LogP) is 3.30. The zero-order valence-electron chi connectivity index (χ0n) is 22.8. The molecule has 0 saturated carbocycles. The number of nitrogens with one attached hydrogen (secondary N) is 1. The average molecular weight is 589 g/mol. The summed E-state index contributed by atoms with van der Waals surface area (Å²) in [7, 11) is -0.927. The highest BCUT2D eigenvalue weighted by atomic mass is 35.5. The van der Waals surface area contributed by atoms with Gasteiger partial charge in [-0.2, -0.15) is 0 Å². The fraction of sp³-hybridized carbons (Fsp3) is 0.414. The van der Waals surface area contributed by atoms with Crippen LogP contribution in [0.3, 0.4) is 0 Å². The Morgan fingerprint density at radius 3 is 2.52 bits per heavy atom. The molecule has 214 valence electrons. The third kappa shape index (κ3) is 5.32. The lowest BCUT2D eigenvalue weighted by atomic mass is 9.86. The van der Waals surface area contributed by atoms with Crippen molar-refractivity contribution in [1.82, 2.24) is 20.1 Å². The zero-order valence-corrected chi connectivity index (χ0v) is 24.4. The van der Waals surface area contributed by atoms with E-state index in [2.05, 4.69) is 10.3 Å². The van der Waals surface area contributed by atoms with Crippen LogP contribution in [0.1, 0.15) is 25.3 Å². The fourth-order valence-corrected chi connectivity index (χ4v) is 8.08. The summed E-state index contributed by atoms with van der Waals surface area (Å²) in [5.74, 6) is -1.47. The highest BCUT2D eigenvalue weighted by Crippen LogP contribution is 2.48. The quantitative estimate of drug-likeness (QED) is 0.451. The number of pyridine rings is 1. The molecule has 1 fully saturated rings. The van der Waals surface area contributed by atoms with Gasteiger partial charge in [0.15, 0.2) is 9.84 Å². The number of benzene rings is 1. The Labute approximate surface area is 239 Å². The normalized spacial score (nSPS) is 20.6. The number of likely N-dealkylation sites (N-methyl/N-ethyl adjacent to an activating group) is 1. The average Bonchev–Trinajstić information content (AvgIpc) is 3.37. The Hall–Kier alpha value is -3.08. The maximum atomic E-state index is 15.3. The zero-order chi connectivity index (χ0) is 29.1. The predicted molar refractivity (Wildman–Crippen MR) is 153 cm³/mol. The Bertz CT molecular complexity index is 1420. The summed E-state index contributed by atoms with van der Waals surface area (Å²) in [5, 5.41) is 3.05. The molecule has 1 aromatic heterocycles.